The van der Waals surface area contributed by atoms with Crippen molar-refractivity contribution in [3.63, 3.8) is 0 Å². The monoisotopic (exact) mass is 292 g/mol. The second-order valence-corrected chi connectivity index (χ2v) is 5.72. The summed E-state index contributed by atoms with van der Waals surface area (Å²) in [6.07, 6.45) is 0. The van der Waals surface area contributed by atoms with Crippen molar-refractivity contribution < 1.29 is 13.2 Å². The van der Waals surface area contributed by atoms with E-state index in [9.17, 15) is 8.42 Å². The van der Waals surface area contributed by atoms with E-state index in [2.05, 4.69) is 10.0 Å². The van der Waals surface area contributed by atoms with E-state index in [0.717, 1.165) is 6.54 Å². The number of halogens is 1. The van der Waals surface area contributed by atoms with E-state index in [1.165, 1.54) is 25.3 Å². The summed E-state index contributed by atoms with van der Waals surface area (Å²) in [7, 11) is -2.17. The van der Waals surface area contributed by atoms with Crippen molar-refractivity contribution in [2.45, 2.75) is 11.8 Å². The van der Waals surface area contributed by atoms with Gasteiger partial charge in [-0.05, 0) is 18.7 Å². The normalized spacial score (nSPS) is 11.5. The Bertz CT molecular complexity index is 491. The highest BCUT2D eigenvalue weighted by atomic mass is 35.5. The molecule has 5 nitrogen and oxygen atoms in total. The minimum atomic E-state index is -3.57. The lowest BCUT2D eigenvalue weighted by Crippen LogP contribution is -2.32. The zero-order chi connectivity index (χ0) is 13.6. The number of hydrogen-bond donors (Lipinski definition) is 2. The van der Waals surface area contributed by atoms with Gasteiger partial charge in [-0.15, -0.1) is 0 Å². The van der Waals surface area contributed by atoms with E-state index in [0.29, 0.717) is 18.1 Å². The molecule has 0 aliphatic carbocycles. The topological polar surface area (TPSA) is 67.4 Å². The van der Waals surface area contributed by atoms with Gasteiger partial charge in [0.15, 0.2) is 0 Å². The van der Waals surface area contributed by atoms with Crippen LogP contribution in [0.15, 0.2) is 23.1 Å². The molecule has 0 amide bonds. The zero-order valence-electron chi connectivity index (χ0n) is 10.4. The predicted octanol–water partition coefficient (Wildman–Crippen LogP) is 1.24. The number of benzene rings is 1. The van der Waals surface area contributed by atoms with Gasteiger partial charge >= 0.3 is 0 Å². The maximum atomic E-state index is 12.0. The van der Waals surface area contributed by atoms with Crippen LogP contribution < -0.4 is 14.8 Å². The van der Waals surface area contributed by atoms with Crippen LogP contribution in [0.5, 0.6) is 5.75 Å². The van der Waals surface area contributed by atoms with Crippen LogP contribution in [0.4, 0.5) is 0 Å². The van der Waals surface area contributed by atoms with Crippen LogP contribution in [0.2, 0.25) is 5.02 Å². The standard InChI is InChI=1S/C11H17ClN2O3S/c1-3-13-6-7-14-18(15,16)11-5-4-9(12)8-10(11)17-2/h4-5,8,13-14H,3,6-7H2,1-2H3. The van der Waals surface area contributed by atoms with Crippen LogP contribution >= 0.6 is 11.6 Å². The Morgan fingerprint density at radius 2 is 2.06 bits per heavy atom. The van der Waals surface area contributed by atoms with Gasteiger partial charge in [0.25, 0.3) is 0 Å². The van der Waals surface area contributed by atoms with E-state index < -0.39 is 10.0 Å². The van der Waals surface area contributed by atoms with Gasteiger partial charge in [0.2, 0.25) is 10.0 Å². The Kier molecular flexibility index (Phi) is 5.87. The molecule has 0 spiro atoms. The molecule has 0 aromatic heterocycles. The van der Waals surface area contributed by atoms with Crippen molar-refractivity contribution in [2.24, 2.45) is 0 Å². The van der Waals surface area contributed by atoms with Gasteiger partial charge in [-0.2, -0.15) is 0 Å². The molecule has 7 heteroatoms. The van der Waals surface area contributed by atoms with Gasteiger partial charge < -0.3 is 10.1 Å². The molecule has 0 unspecified atom stereocenters. The number of methoxy groups -OCH3 is 1. The maximum Gasteiger partial charge on any atom is 0.244 e. The molecule has 2 N–H and O–H groups in total. The highest BCUT2D eigenvalue weighted by Gasteiger charge is 2.18. The van der Waals surface area contributed by atoms with Gasteiger partial charge in [-0.25, -0.2) is 13.1 Å². The Labute approximate surface area is 113 Å². The molecule has 0 radical (unpaired) electrons. The van der Waals surface area contributed by atoms with Gasteiger partial charge in [-0.3, -0.25) is 0 Å². The summed E-state index contributed by atoms with van der Waals surface area (Å²) in [6.45, 7) is 3.65. The van der Waals surface area contributed by atoms with Gasteiger partial charge in [0.05, 0.1) is 7.11 Å². The minimum absolute atomic E-state index is 0.0888. The molecule has 1 rings (SSSR count). The minimum Gasteiger partial charge on any atom is -0.495 e. The van der Waals surface area contributed by atoms with Gasteiger partial charge in [0, 0.05) is 24.2 Å². The predicted molar refractivity (Wildman–Crippen MR) is 71.7 cm³/mol. The molecule has 0 aliphatic heterocycles. The van der Waals surface area contributed by atoms with Crippen LogP contribution in [0.25, 0.3) is 0 Å². The molecule has 0 fully saturated rings. The fourth-order valence-electron chi connectivity index (χ4n) is 1.39. The SMILES string of the molecule is CCNCCNS(=O)(=O)c1ccc(Cl)cc1OC. The van der Waals surface area contributed by atoms with E-state index >= 15 is 0 Å². The maximum absolute atomic E-state index is 12.0. The molecule has 18 heavy (non-hydrogen) atoms. The third-order valence-corrected chi connectivity index (χ3v) is 3.99. The van der Waals surface area contributed by atoms with E-state index in [1.807, 2.05) is 6.92 Å². The third-order valence-electron chi connectivity index (χ3n) is 2.26. The summed E-state index contributed by atoms with van der Waals surface area (Å²) in [6, 6.07) is 4.42. The number of nitrogens with one attached hydrogen (secondary N) is 2. The molecule has 0 saturated carbocycles. The Morgan fingerprint density at radius 3 is 2.67 bits per heavy atom. The van der Waals surface area contributed by atoms with E-state index in [4.69, 9.17) is 16.3 Å². The number of ether oxygens (including phenoxy) is 1. The van der Waals surface area contributed by atoms with Crippen molar-refractivity contribution >= 4 is 21.6 Å². The van der Waals surface area contributed by atoms with Crippen molar-refractivity contribution in [1.82, 2.24) is 10.0 Å². The molecule has 0 aliphatic rings. The number of likely N-dealkylation sites (N-methyl/N-ethyl adjacent to an activating group) is 1. The quantitative estimate of drug-likeness (QED) is 0.742. The summed E-state index contributed by atoms with van der Waals surface area (Å²) in [4.78, 5) is 0.0888. The first-order valence-electron chi connectivity index (χ1n) is 5.55. The molecule has 1 aromatic rings. The lowest BCUT2D eigenvalue weighted by atomic mass is 10.3. The van der Waals surface area contributed by atoms with Gasteiger partial charge in [-0.1, -0.05) is 18.5 Å². The lowest BCUT2D eigenvalue weighted by Gasteiger charge is -2.11. The van der Waals surface area contributed by atoms with Crippen molar-refractivity contribution in [3.8, 4) is 5.75 Å². The molecule has 0 heterocycles. The van der Waals surface area contributed by atoms with Crippen molar-refractivity contribution in [3.05, 3.63) is 23.2 Å². The van der Waals surface area contributed by atoms with E-state index in [1.54, 1.807) is 0 Å². The first-order valence-corrected chi connectivity index (χ1v) is 7.41. The molecule has 1 aromatic carbocycles. The van der Waals surface area contributed by atoms with Crippen molar-refractivity contribution in [2.75, 3.05) is 26.7 Å². The Morgan fingerprint density at radius 1 is 1.33 bits per heavy atom. The van der Waals surface area contributed by atoms with Crippen LogP contribution in [-0.2, 0) is 10.0 Å². The van der Waals surface area contributed by atoms with Crippen LogP contribution in [0, 0.1) is 0 Å². The fourth-order valence-corrected chi connectivity index (χ4v) is 2.73. The summed E-state index contributed by atoms with van der Waals surface area (Å²) >= 11 is 5.79. The molecule has 0 saturated heterocycles. The molecule has 0 bridgehead atoms. The molecule has 0 atom stereocenters. The largest absolute Gasteiger partial charge is 0.495 e. The third kappa shape index (κ3) is 4.13. The summed E-state index contributed by atoms with van der Waals surface area (Å²) in [5.41, 5.74) is 0. The fraction of sp³-hybridized carbons (Fsp3) is 0.455. The second kappa shape index (κ2) is 6.94. The lowest BCUT2D eigenvalue weighted by molar-refractivity contribution is 0.402. The summed E-state index contributed by atoms with van der Waals surface area (Å²) in [5, 5.41) is 3.46. The van der Waals surface area contributed by atoms with Gasteiger partial charge in [0.1, 0.15) is 10.6 Å². The summed E-state index contributed by atoms with van der Waals surface area (Å²) in [5.74, 6) is 0.235. The summed E-state index contributed by atoms with van der Waals surface area (Å²) < 4.78 is 31.6. The average Bonchev–Trinajstić information content (AvgIpc) is 2.34. The van der Waals surface area contributed by atoms with E-state index in [-0.39, 0.29) is 10.6 Å². The number of rotatable bonds is 7. The number of sulfonamides is 1. The Hall–Kier alpha value is -0.820. The van der Waals surface area contributed by atoms with Crippen LogP contribution in [0.3, 0.4) is 0 Å². The number of hydrogen-bond acceptors (Lipinski definition) is 4. The van der Waals surface area contributed by atoms with Crippen LogP contribution in [-0.4, -0.2) is 35.2 Å². The highest BCUT2D eigenvalue weighted by molar-refractivity contribution is 7.89. The molecule has 102 valence electrons. The highest BCUT2D eigenvalue weighted by Crippen LogP contribution is 2.26. The van der Waals surface area contributed by atoms with Crippen LogP contribution in [0.1, 0.15) is 6.92 Å². The van der Waals surface area contributed by atoms with Crippen molar-refractivity contribution in [1.29, 1.82) is 0 Å². The second-order valence-electron chi connectivity index (χ2n) is 3.55. The first kappa shape index (κ1) is 15.2. The average molecular weight is 293 g/mol. The molecular formula is C11H17ClN2O3S. The molecular weight excluding hydrogens is 276 g/mol. The zero-order valence-corrected chi connectivity index (χ0v) is 11.9. The smallest absolute Gasteiger partial charge is 0.244 e. The first-order chi connectivity index (χ1) is 8.51. The Balaban J connectivity index is 2.84.